The topological polar surface area (TPSA) is 175 Å². The summed E-state index contributed by atoms with van der Waals surface area (Å²) in [4.78, 5) is 25.1. The number of hydrogen-bond donors (Lipinski definition) is 6. The predicted octanol–water partition coefficient (Wildman–Crippen LogP) is 21.3. The van der Waals surface area contributed by atoms with Crippen molar-refractivity contribution in [3.8, 4) is 0 Å². The van der Waals surface area contributed by atoms with Crippen LogP contribution in [-0.2, 0) is 23.8 Å². The molecule has 11 heteroatoms. The molecular weight excluding hydrogens is 1130 g/mol. The molecule has 0 saturated carbocycles. The van der Waals surface area contributed by atoms with Gasteiger partial charge >= 0.3 is 5.97 Å². The fraction of sp³-hybridized carbons (Fsp3) is 0.900. The van der Waals surface area contributed by atoms with E-state index in [1.165, 1.54) is 315 Å². The van der Waals surface area contributed by atoms with Gasteiger partial charge in [-0.25, -0.2) is 0 Å². The van der Waals surface area contributed by atoms with Gasteiger partial charge in [0.05, 0.1) is 32.0 Å². The van der Waals surface area contributed by atoms with Crippen LogP contribution >= 0.6 is 0 Å². The number of amides is 1. The smallest absolute Gasteiger partial charge is 0.305 e. The first-order chi connectivity index (χ1) is 44.7. The molecule has 0 aromatic heterocycles. The molecule has 0 aromatic carbocycles. The summed E-state index contributed by atoms with van der Waals surface area (Å²) in [5, 5.41) is 54.6. The van der Waals surface area contributed by atoms with Crippen molar-refractivity contribution in [1.29, 1.82) is 0 Å². The van der Waals surface area contributed by atoms with Crippen LogP contribution in [-0.4, -0.2) is 100 Å². The minimum absolute atomic E-state index is 0.00603. The van der Waals surface area contributed by atoms with E-state index in [1.807, 2.05) is 6.08 Å². The molecule has 1 aliphatic heterocycles. The van der Waals surface area contributed by atoms with Gasteiger partial charge in [0, 0.05) is 12.8 Å². The molecule has 0 aromatic rings. The minimum Gasteiger partial charge on any atom is -0.466 e. The molecule has 0 radical (unpaired) electrons. The molecule has 1 rings (SSSR count). The SMILES string of the molecule is CCCC/C=C\CCCCCCCC(=O)OCCCCCCCCCCCCCCCCCCCC/C=C\CCCCCCCCCCCCCCCCCCCC(=O)NC(COC1OC(CO)C(O)C(O)C1O)C(O)/C=C/CCCCCCCCCCCCC. The van der Waals surface area contributed by atoms with Gasteiger partial charge in [-0.15, -0.1) is 0 Å². The second-order valence-corrected chi connectivity index (χ2v) is 27.8. The number of aliphatic hydroxyl groups excluding tert-OH is 5. The Morgan fingerprint density at radius 3 is 1.09 bits per heavy atom. The summed E-state index contributed by atoms with van der Waals surface area (Å²) in [6, 6.07) is -0.806. The van der Waals surface area contributed by atoms with Gasteiger partial charge in [0.15, 0.2) is 6.29 Å². The lowest BCUT2D eigenvalue weighted by Crippen LogP contribution is -2.60. The van der Waals surface area contributed by atoms with Crippen LogP contribution in [0.4, 0.5) is 0 Å². The summed E-state index contributed by atoms with van der Waals surface area (Å²) in [5.41, 5.74) is 0. The molecule has 11 nitrogen and oxygen atoms in total. The van der Waals surface area contributed by atoms with E-state index in [0.29, 0.717) is 19.4 Å². The molecule has 0 spiro atoms. The van der Waals surface area contributed by atoms with Gasteiger partial charge in [0.1, 0.15) is 24.4 Å². The number of aliphatic hydroxyl groups is 5. The summed E-state index contributed by atoms with van der Waals surface area (Å²) in [6.45, 7) is 4.35. The number of carbonyl (C=O) groups is 2. The van der Waals surface area contributed by atoms with Crippen molar-refractivity contribution in [2.24, 2.45) is 0 Å². The van der Waals surface area contributed by atoms with E-state index in [4.69, 9.17) is 14.2 Å². The molecule has 1 fully saturated rings. The molecule has 91 heavy (non-hydrogen) atoms. The number of nitrogens with one attached hydrogen (secondary N) is 1. The molecule has 1 aliphatic rings. The van der Waals surface area contributed by atoms with Crippen molar-refractivity contribution in [3.63, 3.8) is 0 Å². The first kappa shape index (κ1) is 86.9. The van der Waals surface area contributed by atoms with Crippen LogP contribution in [0.25, 0.3) is 0 Å². The largest absolute Gasteiger partial charge is 0.466 e. The first-order valence-electron chi connectivity index (χ1n) is 39.8. The first-order valence-corrected chi connectivity index (χ1v) is 39.8. The number of rotatable bonds is 71. The van der Waals surface area contributed by atoms with Crippen LogP contribution in [0, 0.1) is 0 Å². The maximum atomic E-state index is 13.1. The normalized spacial score (nSPS) is 17.7. The van der Waals surface area contributed by atoms with Crippen molar-refractivity contribution >= 4 is 11.9 Å². The molecule has 0 aliphatic carbocycles. The van der Waals surface area contributed by atoms with Gasteiger partial charge in [-0.2, -0.15) is 0 Å². The molecule has 0 bridgehead atoms. The van der Waals surface area contributed by atoms with Crippen LogP contribution in [0.15, 0.2) is 36.5 Å². The lowest BCUT2D eigenvalue weighted by Gasteiger charge is -2.40. The quantitative estimate of drug-likeness (QED) is 0.0195. The Kier molecular flexibility index (Phi) is 66.1. The number of carbonyl (C=O) groups excluding carboxylic acids is 2. The van der Waals surface area contributed by atoms with E-state index in [9.17, 15) is 35.1 Å². The van der Waals surface area contributed by atoms with Crippen LogP contribution in [0.5, 0.6) is 0 Å². The van der Waals surface area contributed by atoms with Gasteiger partial charge in [-0.3, -0.25) is 9.59 Å². The van der Waals surface area contributed by atoms with Crippen molar-refractivity contribution < 1.29 is 49.3 Å². The summed E-state index contributed by atoms with van der Waals surface area (Å²) >= 11 is 0. The Morgan fingerprint density at radius 1 is 0.396 bits per heavy atom. The van der Waals surface area contributed by atoms with Gasteiger partial charge in [0.2, 0.25) is 5.91 Å². The fourth-order valence-corrected chi connectivity index (χ4v) is 12.7. The van der Waals surface area contributed by atoms with Gasteiger partial charge in [0.25, 0.3) is 0 Å². The van der Waals surface area contributed by atoms with Crippen molar-refractivity contribution in [3.05, 3.63) is 36.5 Å². The van der Waals surface area contributed by atoms with Gasteiger partial charge in [-0.1, -0.05) is 346 Å². The second-order valence-electron chi connectivity index (χ2n) is 27.8. The lowest BCUT2D eigenvalue weighted by atomic mass is 9.99. The highest BCUT2D eigenvalue weighted by Gasteiger charge is 2.44. The monoisotopic (exact) mass is 1290 g/mol. The van der Waals surface area contributed by atoms with Crippen molar-refractivity contribution in [1.82, 2.24) is 5.32 Å². The third kappa shape index (κ3) is 57.8. The minimum atomic E-state index is -1.57. The van der Waals surface area contributed by atoms with E-state index in [-0.39, 0.29) is 18.5 Å². The van der Waals surface area contributed by atoms with E-state index >= 15 is 0 Å². The molecule has 7 unspecified atom stereocenters. The molecular formula is C80H151NO10. The highest BCUT2D eigenvalue weighted by atomic mass is 16.7. The standard InChI is InChI=1S/C80H151NO10/c1-3-5-7-9-11-13-15-43-47-50-54-58-62-66-73(83)72(71-90-80-79(88)78(87)77(86)74(70-82)91-80)81-75(84)67-63-59-55-51-48-44-41-39-37-35-33-31-29-27-25-23-21-19-17-16-18-20-22-24-26-28-30-32-34-36-38-40-42-45-49-53-57-61-65-69-89-76(85)68-64-60-56-52-46-14-12-10-8-6-4-2/h10,12,16-17,62,66,72-74,77-80,82-83,86-88H,3-9,11,13-15,18-61,63-65,67-71H2,1-2H3,(H,81,84)/b12-10-,17-16-,66-62+. The predicted molar refractivity (Wildman–Crippen MR) is 384 cm³/mol. The van der Waals surface area contributed by atoms with Crippen LogP contribution in [0.1, 0.15) is 399 Å². The molecule has 6 N–H and O–H groups in total. The average Bonchev–Trinajstić information content (AvgIpc) is 1.18. The number of esters is 1. The van der Waals surface area contributed by atoms with E-state index in [0.717, 1.165) is 57.8 Å². The molecule has 536 valence electrons. The zero-order chi connectivity index (χ0) is 65.8. The van der Waals surface area contributed by atoms with E-state index in [2.05, 4.69) is 43.5 Å². The van der Waals surface area contributed by atoms with Gasteiger partial charge in [-0.05, 0) is 77.0 Å². The van der Waals surface area contributed by atoms with Crippen molar-refractivity contribution in [2.75, 3.05) is 19.8 Å². The summed E-state index contributed by atoms with van der Waals surface area (Å²) < 4.78 is 16.8. The Labute approximate surface area is 562 Å². The number of ether oxygens (including phenoxy) is 3. The Bertz CT molecular complexity index is 1610. The second kappa shape index (κ2) is 69.2. The highest BCUT2D eigenvalue weighted by Crippen LogP contribution is 2.24. The van der Waals surface area contributed by atoms with Crippen molar-refractivity contribution in [2.45, 2.75) is 442 Å². The molecule has 1 heterocycles. The summed E-state index contributed by atoms with van der Waals surface area (Å²) in [7, 11) is 0. The van der Waals surface area contributed by atoms with E-state index < -0.39 is 49.5 Å². The maximum Gasteiger partial charge on any atom is 0.305 e. The third-order valence-electron chi connectivity index (χ3n) is 19.0. The highest BCUT2D eigenvalue weighted by molar-refractivity contribution is 5.76. The number of allylic oxidation sites excluding steroid dienone is 5. The zero-order valence-electron chi connectivity index (χ0n) is 59.8. The van der Waals surface area contributed by atoms with E-state index in [1.54, 1.807) is 6.08 Å². The maximum absolute atomic E-state index is 13.1. The molecule has 7 atom stereocenters. The molecule has 1 amide bonds. The Balaban J connectivity index is 1.90. The number of hydrogen-bond acceptors (Lipinski definition) is 10. The lowest BCUT2D eigenvalue weighted by molar-refractivity contribution is -0.302. The van der Waals surface area contributed by atoms with Crippen LogP contribution in [0.3, 0.4) is 0 Å². The molecule has 1 saturated heterocycles. The third-order valence-corrected chi connectivity index (χ3v) is 19.0. The Morgan fingerprint density at radius 2 is 0.714 bits per heavy atom. The van der Waals surface area contributed by atoms with Crippen LogP contribution in [0.2, 0.25) is 0 Å². The number of unbranched alkanes of at least 4 members (excludes halogenated alkanes) is 53. The zero-order valence-corrected chi connectivity index (χ0v) is 59.8. The van der Waals surface area contributed by atoms with Gasteiger partial charge < -0.3 is 45.1 Å². The van der Waals surface area contributed by atoms with Crippen LogP contribution < -0.4 is 5.32 Å². The fourth-order valence-electron chi connectivity index (χ4n) is 12.7. The summed E-state index contributed by atoms with van der Waals surface area (Å²) in [6.07, 6.45) is 80.4. The Hall–Kier alpha value is -2.12. The average molecular weight is 1290 g/mol. The summed E-state index contributed by atoms with van der Waals surface area (Å²) in [5.74, 6) is -0.169.